The molecule has 0 fully saturated rings. The predicted molar refractivity (Wildman–Crippen MR) is 110 cm³/mol. The molecule has 0 radical (unpaired) electrons. The van der Waals surface area contributed by atoms with E-state index in [1.165, 1.54) is 12.3 Å². The van der Waals surface area contributed by atoms with E-state index in [9.17, 15) is 14.7 Å². The van der Waals surface area contributed by atoms with Crippen LogP contribution in [0.15, 0.2) is 30.5 Å². The maximum atomic E-state index is 12.7. The van der Waals surface area contributed by atoms with Gasteiger partial charge in [0.1, 0.15) is 11.7 Å². The third kappa shape index (κ3) is 4.13. The molecule has 0 aliphatic carbocycles. The number of aromatic nitrogens is 4. The quantitative estimate of drug-likeness (QED) is 0.609. The highest BCUT2D eigenvalue weighted by Crippen LogP contribution is 2.28. The van der Waals surface area contributed by atoms with Crippen molar-refractivity contribution in [1.82, 2.24) is 19.6 Å². The number of rotatable bonds is 6. The number of nitrogens with zero attached hydrogens (tertiary/aromatic N) is 4. The van der Waals surface area contributed by atoms with Crippen molar-refractivity contribution in [1.29, 1.82) is 0 Å². The summed E-state index contributed by atoms with van der Waals surface area (Å²) in [6, 6.07) is 5.79. The van der Waals surface area contributed by atoms with Crippen molar-refractivity contribution < 1.29 is 14.7 Å². The molecule has 0 saturated carbocycles. The molecule has 1 atom stereocenters. The number of halogens is 2. The first-order valence-electron chi connectivity index (χ1n) is 8.75. The van der Waals surface area contributed by atoms with Crippen LogP contribution in [0.1, 0.15) is 40.4 Å². The number of carbonyl (C=O) groups is 2. The number of hydrogen-bond donors (Lipinski definition) is 2. The van der Waals surface area contributed by atoms with Gasteiger partial charge in [0.2, 0.25) is 5.91 Å². The van der Waals surface area contributed by atoms with E-state index in [-0.39, 0.29) is 5.69 Å². The lowest BCUT2D eigenvalue weighted by Gasteiger charge is -2.15. The van der Waals surface area contributed by atoms with Gasteiger partial charge in [0, 0.05) is 21.8 Å². The molecule has 0 bridgehead atoms. The lowest BCUT2D eigenvalue weighted by Crippen LogP contribution is -2.27. The summed E-state index contributed by atoms with van der Waals surface area (Å²) in [6.45, 7) is 5.52. The monoisotopic (exact) mass is 435 g/mol. The number of benzene rings is 1. The van der Waals surface area contributed by atoms with Crippen LogP contribution in [0.3, 0.4) is 0 Å². The summed E-state index contributed by atoms with van der Waals surface area (Å²) in [5, 5.41) is 21.5. The third-order valence-corrected chi connectivity index (χ3v) is 5.34. The molecule has 0 saturated heterocycles. The Morgan fingerprint density at radius 1 is 1.21 bits per heavy atom. The second-order valence-electron chi connectivity index (χ2n) is 6.54. The molecule has 0 aliphatic rings. The summed E-state index contributed by atoms with van der Waals surface area (Å²) in [5.74, 6) is -1.56. The number of aryl methyl sites for hydroxylation is 1. The summed E-state index contributed by atoms with van der Waals surface area (Å²) < 4.78 is 2.87. The second-order valence-corrected chi connectivity index (χ2v) is 7.35. The first-order chi connectivity index (χ1) is 13.7. The van der Waals surface area contributed by atoms with Crippen LogP contribution in [0, 0.1) is 13.8 Å². The Morgan fingerprint density at radius 2 is 1.86 bits per heavy atom. The Morgan fingerprint density at radius 3 is 2.48 bits per heavy atom. The molecular weight excluding hydrogens is 417 g/mol. The third-order valence-electron chi connectivity index (χ3n) is 4.63. The summed E-state index contributed by atoms with van der Waals surface area (Å²) in [5.41, 5.74) is 2.55. The molecule has 0 spiro atoms. The number of carboxylic acid groups (broad SMARTS) is 1. The van der Waals surface area contributed by atoms with Crippen LogP contribution in [0.5, 0.6) is 0 Å². The number of amides is 1. The molecule has 152 valence electrons. The van der Waals surface area contributed by atoms with Crippen LogP contribution in [0.2, 0.25) is 10.0 Å². The Hall–Kier alpha value is -2.84. The molecule has 29 heavy (non-hydrogen) atoms. The van der Waals surface area contributed by atoms with Gasteiger partial charge in [0.15, 0.2) is 0 Å². The first kappa shape index (κ1) is 20.9. The van der Waals surface area contributed by atoms with Gasteiger partial charge in [-0.25, -0.2) is 9.48 Å². The summed E-state index contributed by atoms with van der Waals surface area (Å²) in [4.78, 5) is 24.0. The predicted octanol–water partition coefficient (Wildman–Crippen LogP) is 3.95. The van der Waals surface area contributed by atoms with Gasteiger partial charge >= 0.3 is 5.97 Å². The van der Waals surface area contributed by atoms with Crippen LogP contribution in [0.25, 0.3) is 0 Å². The Bertz CT molecular complexity index is 1070. The number of anilines is 1. The highest BCUT2D eigenvalue weighted by molar-refractivity contribution is 6.35. The molecule has 1 unspecified atom stereocenters. The van der Waals surface area contributed by atoms with Gasteiger partial charge in [-0.05, 0) is 39.0 Å². The second kappa shape index (κ2) is 8.26. The summed E-state index contributed by atoms with van der Waals surface area (Å²) in [6.07, 6.45) is 1.34. The van der Waals surface area contributed by atoms with Crippen molar-refractivity contribution >= 4 is 40.8 Å². The van der Waals surface area contributed by atoms with E-state index in [1.807, 2.05) is 6.92 Å². The normalized spacial score (nSPS) is 12.0. The molecule has 2 heterocycles. The van der Waals surface area contributed by atoms with E-state index in [1.54, 1.807) is 36.7 Å². The molecule has 0 aliphatic heterocycles. The van der Waals surface area contributed by atoms with E-state index >= 15 is 0 Å². The zero-order valence-corrected chi connectivity index (χ0v) is 17.5. The molecule has 3 aromatic rings. The highest BCUT2D eigenvalue weighted by Gasteiger charge is 2.24. The number of aromatic carboxylic acids is 1. The lowest BCUT2D eigenvalue weighted by atomic mass is 10.2. The Kier molecular flexibility index (Phi) is 5.95. The van der Waals surface area contributed by atoms with E-state index < -0.39 is 17.9 Å². The highest BCUT2D eigenvalue weighted by atomic mass is 35.5. The molecule has 2 N–H and O–H groups in total. The minimum Gasteiger partial charge on any atom is -0.477 e. The van der Waals surface area contributed by atoms with E-state index in [0.29, 0.717) is 28.0 Å². The number of carbonyl (C=O) groups excluding carboxylic acids is 1. The standard InChI is InChI=1S/C19H19Cl2N5O3/c1-10-17(23-18(27)12(3)26-16(19(28)29)7-8-22-26)11(2)25(24-10)9-13-14(20)5-4-6-15(13)21/h4-8,12H,9H2,1-3H3,(H,23,27)(H,28,29). The fourth-order valence-electron chi connectivity index (χ4n) is 3.00. The van der Waals surface area contributed by atoms with E-state index in [0.717, 1.165) is 15.9 Å². The average Bonchev–Trinajstić information content (AvgIpc) is 3.25. The van der Waals surface area contributed by atoms with Gasteiger partial charge in [0.05, 0.1) is 23.6 Å². The molecule has 8 nitrogen and oxygen atoms in total. The molecule has 1 aromatic carbocycles. The topological polar surface area (TPSA) is 102 Å². The largest absolute Gasteiger partial charge is 0.477 e. The smallest absolute Gasteiger partial charge is 0.354 e. The first-order valence-corrected chi connectivity index (χ1v) is 9.50. The molecule has 2 aromatic heterocycles. The van der Waals surface area contributed by atoms with Crippen LogP contribution in [-0.4, -0.2) is 36.5 Å². The molecular formula is C19H19Cl2N5O3. The van der Waals surface area contributed by atoms with Crippen LogP contribution < -0.4 is 5.32 Å². The van der Waals surface area contributed by atoms with Gasteiger partial charge in [0.25, 0.3) is 0 Å². The minimum absolute atomic E-state index is 0.0647. The van der Waals surface area contributed by atoms with Crippen LogP contribution in [-0.2, 0) is 11.3 Å². The van der Waals surface area contributed by atoms with Gasteiger partial charge in [-0.2, -0.15) is 10.2 Å². The molecule has 1 amide bonds. The summed E-state index contributed by atoms with van der Waals surface area (Å²) >= 11 is 12.5. The zero-order chi connectivity index (χ0) is 21.3. The fraction of sp³-hybridized carbons (Fsp3) is 0.263. The van der Waals surface area contributed by atoms with Crippen LogP contribution in [0.4, 0.5) is 5.69 Å². The van der Waals surface area contributed by atoms with Crippen molar-refractivity contribution in [2.45, 2.75) is 33.4 Å². The van der Waals surface area contributed by atoms with Crippen molar-refractivity contribution in [3.8, 4) is 0 Å². The number of nitrogens with one attached hydrogen (secondary N) is 1. The fourth-order valence-corrected chi connectivity index (χ4v) is 3.51. The Labute approximate surface area is 177 Å². The average molecular weight is 436 g/mol. The molecule has 3 rings (SSSR count). The summed E-state index contributed by atoms with van der Waals surface area (Å²) in [7, 11) is 0. The van der Waals surface area contributed by atoms with Crippen LogP contribution >= 0.6 is 23.2 Å². The van der Waals surface area contributed by atoms with Gasteiger partial charge in [-0.3, -0.25) is 9.48 Å². The van der Waals surface area contributed by atoms with Gasteiger partial charge in [-0.1, -0.05) is 29.3 Å². The maximum Gasteiger partial charge on any atom is 0.354 e. The SMILES string of the molecule is Cc1nn(Cc2c(Cl)cccc2Cl)c(C)c1NC(=O)C(C)n1nccc1C(=O)O. The van der Waals surface area contributed by atoms with Crippen molar-refractivity contribution in [2.75, 3.05) is 5.32 Å². The molecule has 10 heteroatoms. The minimum atomic E-state index is -1.15. The van der Waals surface area contributed by atoms with E-state index in [4.69, 9.17) is 23.2 Å². The van der Waals surface area contributed by atoms with Gasteiger partial charge in [-0.15, -0.1) is 0 Å². The zero-order valence-electron chi connectivity index (χ0n) is 16.0. The van der Waals surface area contributed by atoms with E-state index in [2.05, 4.69) is 15.5 Å². The van der Waals surface area contributed by atoms with Crippen molar-refractivity contribution in [3.05, 3.63) is 63.2 Å². The Balaban J connectivity index is 1.84. The van der Waals surface area contributed by atoms with Crippen molar-refractivity contribution in [3.63, 3.8) is 0 Å². The lowest BCUT2D eigenvalue weighted by molar-refractivity contribution is -0.119. The van der Waals surface area contributed by atoms with Gasteiger partial charge < -0.3 is 10.4 Å². The number of carboxylic acids is 1. The van der Waals surface area contributed by atoms with Crippen molar-refractivity contribution in [2.24, 2.45) is 0 Å². The number of hydrogen-bond acceptors (Lipinski definition) is 4. The maximum absolute atomic E-state index is 12.7.